The van der Waals surface area contributed by atoms with Crippen LogP contribution in [-0.2, 0) is 0 Å². The second kappa shape index (κ2) is 4.95. The van der Waals surface area contributed by atoms with E-state index in [1.165, 1.54) is 6.20 Å². The fourth-order valence-electron chi connectivity index (χ4n) is 2.47. The van der Waals surface area contributed by atoms with E-state index in [1.807, 2.05) is 0 Å². The van der Waals surface area contributed by atoms with Crippen molar-refractivity contribution in [2.45, 2.75) is 25.7 Å². The van der Waals surface area contributed by atoms with E-state index in [1.54, 1.807) is 11.8 Å². The van der Waals surface area contributed by atoms with Gasteiger partial charge in [-0.3, -0.25) is 4.79 Å². The van der Waals surface area contributed by atoms with Gasteiger partial charge in [0.05, 0.1) is 0 Å². The topological polar surface area (TPSA) is 108 Å². The molecule has 1 saturated heterocycles. The molecular weight excluding hydrogens is 262 g/mol. The fraction of sp³-hybridized carbons (Fsp3) is 0.500. The van der Waals surface area contributed by atoms with Gasteiger partial charge >= 0.3 is 5.69 Å². The van der Waals surface area contributed by atoms with E-state index in [-0.39, 0.29) is 23.2 Å². The monoisotopic (exact) mass is 277 g/mol. The molecule has 1 fully saturated rings. The van der Waals surface area contributed by atoms with Crippen molar-refractivity contribution in [3.8, 4) is 0 Å². The Kier molecular flexibility index (Phi) is 3.13. The summed E-state index contributed by atoms with van der Waals surface area (Å²) in [5.41, 5.74) is -0.101. The van der Waals surface area contributed by atoms with Crippen molar-refractivity contribution < 1.29 is 9.32 Å². The molecule has 1 amide bonds. The Balaban J connectivity index is 1.75. The SMILES string of the molecule is Cc1nc(C2CCCN(C(=O)c3c[nH]c(=O)[nH]3)C2)no1. The highest BCUT2D eigenvalue weighted by atomic mass is 16.5. The zero-order valence-corrected chi connectivity index (χ0v) is 11.0. The number of piperidine rings is 1. The highest BCUT2D eigenvalue weighted by Gasteiger charge is 2.28. The molecule has 0 radical (unpaired) electrons. The number of likely N-dealkylation sites (tertiary alicyclic amines) is 1. The lowest BCUT2D eigenvalue weighted by molar-refractivity contribution is 0.0698. The maximum absolute atomic E-state index is 12.3. The summed E-state index contributed by atoms with van der Waals surface area (Å²) in [5, 5.41) is 3.92. The first-order valence-corrected chi connectivity index (χ1v) is 6.50. The van der Waals surface area contributed by atoms with Crippen LogP contribution in [0.4, 0.5) is 0 Å². The molecule has 0 bridgehead atoms. The molecule has 8 nitrogen and oxygen atoms in total. The molecule has 3 heterocycles. The maximum atomic E-state index is 12.3. The van der Waals surface area contributed by atoms with Crippen LogP contribution < -0.4 is 5.69 Å². The van der Waals surface area contributed by atoms with Crippen LogP contribution >= 0.6 is 0 Å². The van der Waals surface area contributed by atoms with Crippen molar-refractivity contribution in [2.24, 2.45) is 0 Å². The maximum Gasteiger partial charge on any atom is 0.323 e. The van der Waals surface area contributed by atoms with Crippen LogP contribution in [0.2, 0.25) is 0 Å². The number of aryl methyl sites for hydroxylation is 1. The highest BCUT2D eigenvalue weighted by Crippen LogP contribution is 2.25. The normalized spacial score (nSPS) is 19.2. The van der Waals surface area contributed by atoms with Gasteiger partial charge in [0.2, 0.25) is 5.89 Å². The van der Waals surface area contributed by atoms with Gasteiger partial charge in [-0.1, -0.05) is 5.16 Å². The summed E-state index contributed by atoms with van der Waals surface area (Å²) >= 11 is 0. The third-order valence-corrected chi connectivity index (χ3v) is 3.44. The number of hydrogen-bond acceptors (Lipinski definition) is 5. The van der Waals surface area contributed by atoms with Crippen LogP contribution in [0.1, 0.15) is 41.0 Å². The number of amides is 1. The number of carbonyl (C=O) groups excluding carboxylic acids is 1. The van der Waals surface area contributed by atoms with Crippen LogP contribution in [0.5, 0.6) is 0 Å². The van der Waals surface area contributed by atoms with Crippen molar-refractivity contribution in [2.75, 3.05) is 13.1 Å². The van der Waals surface area contributed by atoms with E-state index >= 15 is 0 Å². The Morgan fingerprint density at radius 2 is 2.40 bits per heavy atom. The summed E-state index contributed by atoms with van der Waals surface area (Å²) in [4.78, 5) is 34.2. The zero-order valence-electron chi connectivity index (χ0n) is 11.0. The third kappa shape index (κ3) is 2.36. The quantitative estimate of drug-likeness (QED) is 0.826. The van der Waals surface area contributed by atoms with Gasteiger partial charge in [0, 0.05) is 32.1 Å². The second-order valence-corrected chi connectivity index (χ2v) is 4.92. The molecule has 1 aliphatic rings. The first-order chi connectivity index (χ1) is 9.63. The van der Waals surface area contributed by atoms with Crippen molar-refractivity contribution in [3.05, 3.63) is 34.1 Å². The van der Waals surface area contributed by atoms with E-state index in [2.05, 4.69) is 20.1 Å². The average Bonchev–Trinajstić information content (AvgIpc) is 3.07. The third-order valence-electron chi connectivity index (χ3n) is 3.44. The van der Waals surface area contributed by atoms with Gasteiger partial charge in [0.15, 0.2) is 5.82 Å². The number of rotatable bonds is 2. The Morgan fingerprint density at radius 1 is 1.55 bits per heavy atom. The predicted molar refractivity (Wildman–Crippen MR) is 68.3 cm³/mol. The molecule has 3 rings (SSSR count). The molecule has 2 aromatic heterocycles. The fourth-order valence-corrected chi connectivity index (χ4v) is 2.47. The summed E-state index contributed by atoms with van der Waals surface area (Å²) in [5.74, 6) is 1.06. The number of imidazole rings is 1. The minimum Gasteiger partial charge on any atom is -0.340 e. The second-order valence-electron chi connectivity index (χ2n) is 4.92. The van der Waals surface area contributed by atoms with E-state index in [4.69, 9.17) is 4.52 Å². The summed E-state index contributed by atoms with van der Waals surface area (Å²) in [6, 6.07) is 0. The van der Waals surface area contributed by atoms with Crippen LogP contribution in [0, 0.1) is 6.92 Å². The number of aromatic nitrogens is 4. The molecule has 0 spiro atoms. The average molecular weight is 277 g/mol. The molecule has 2 N–H and O–H groups in total. The molecule has 8 heteroatoms. The van der Waals surface area contributed by atoms with Crippen LogP contribution in [0.3, 0.4) is 0 Å². The molecule has 2 aromatic rings. The van der Waals surface area contributed by atoms with Crippen molar-refractivity contribution >= 4 is 5.91 Å². The number of H-pyrrole nitrogens is 2. The Bertz CT molecular complexity index is 670. The number of carbonyl (C=O) groups is 1. The molecule has 0 aromatic carbocycles. The minimum atomic E-state index is -0.379. The Hall–Kier alpha value is -2.38. The lowest BCUT2D eigenvalue weighted by atomic mass is 9.97. The molecule has 1 unspecified atom stereocenters. The van der Waals surface area contributed by atoms with Gasteiger partial charge in [0.25, 0.3) is 5.91 Å². The molecule has 0 aliphatic carbocycles. The molecule has 106 valence electrons. The number of nitrogens with one attached hydrogen (secondary N) is 2. The lowest BCUT2D eigenvalue weighted by Gasteiger charge is -2.30. The number of nitrogens with zero attached hydrogens (tertiary/aromatic N) is 3. The van der Waals surface area contributed by atoms with E-state index < -0.39 is 0 Å². The van der Waals surface area contributed by atoms with Gasteiger partial charge < -0.3 is 19.4 Å². The first kappa shape index (κ1) is 12.6. The van der Waals surface area contributed by atoms with Crippen LogP contribution in [0.25, 0.3) is 0 Å². The minimum absolute atomic E-state index is 0.0795. The molecule has 20 heavy (non-hydrogen) atoms. The molecule has 0 saturated carbocycles. The molecule has 1 aliphatic heterocycles. The van der Waals surface area contributed by atoms with Gasteiger partial charge in [-0.15, -0.1) is 0 Å². The smallest absolute Gasteiger partial charge is 0.323 e. The van der Waals surface area contributed by atoms with E-state index in [0.29, 0.717) is 24.8 Å². The summed E-state index contributed by atoms with van der Waals surface area (Å²) < 4.78 is 4.98. The van der Waals surface area contributed by atoms with Crippen molar-refractivity contribution in [1.29, 1.82) is 0 Å². The highest BCUT2D eigenvalue weighted by molar-refractivity contribution is 5.92. The largest absolute Gasteiger partial charge is 0.340 e. The van der Waals surface area contributed by atoms with Gasteiger partial charge in [-0.05, 0) is 12.8 Å². The van der Waals surface area contributed by atoms with E-state index in [0.717, 1.165) is 12.8 Å². The molecule has 1 atom stereocenters. The van der Waals surface area contributed by atoms with Crippen molar-refractivity contribution in [1.82, 2.24) is 25.0 Å². The zero-order chi connectivity index (χ0) is 14.1. The lowest BCUT2D eigenvalue weighted by Crippen LogP contribution is -2.39. The standard InChI is InChI=1S/C12H15N5O3/c1-7-14-10(16-20-7)8-3-2-4-17(6-8)11(18)9-5-13-12(19)15-9/h5,8H,2-4,6H2,1H3,(H2,13,15,19). The number of hydrogen-bond donors (Lipinski definition) is 2. The summed E-state index contributed by atoms with van der Waals surface area (Å²) in [7, 11) is 0. The number of aromatic amines is 2. The molecular formula is C12H15N5O3. The van der Waals surface area contributed by atoms with Gasteiger partial charge in [-0.2, -0.15) is 4.98 Å². The van der Waals surface area contributed by atoms with Crippen LogP contribution in [-0.4, -0.2) is 44.0 Å². The van der Waals surface area contributed by atoms with Crippen molar-refractivity contribution in [3.63, 3.8) is 0 Å². The summed E-state index contributed by atoms with van der Waals surface area (Å²) in [6.07, 6.45) is 3.19. The van der Waals surface area contributed by atoms with Crippen LogP contribution in [0.15, 0.2) is 15.5 Å². The first-order valence-electron chi connectivity index (χ1n) is 6.50. The van der Waals surface area contributed by atoms with E-state index in [9.17, 15) is 9.59 Å². The summed E-state index contributed by atoms with van der Waals surface area (Å²) in [6.45, 7) is 2.94. The van der Waals surface area contributed by atoms with Gasteiger partial charge in [-0.25, -0.2) is 4.79 Å². The Morgan fingerprint density at radius 3 is 3.05 bits per heavy atom. The van der Waals surface area contributed by atoms with Gasteiger partial charge in [0.1, 0.15) is 5.69 Å². The Labute approximate surface area is 114 Å². The predicted octanol–water partition coefficient (Wildman–Crippen LogP) is 0.414.